The number of unbranched alkanes of at least 4 members (excludes halogenated alkanes) is 1. The Morgan fingerprint density at radius 2 is 1.94 bits per heavy atom. The Balaban J connectivity index is 3.43. The fourth-order valence-electron chi connectivity index (χ4n) is 0.972. The molecular formula is C9H20ClNO4S. The van der Waals surface area contributed by atoms with Gasteiger partial charge in [-0.2, -0.15) is 0 Å². The van der Waals surface area contributed by atoms with Gasteiger partial charge in [0.2, 0.25) is 10.0 Å². The number of nitrogens with one attached hydrogen (secondary N) is 1. The Morgan fingerprint density at radius 3 is 2.56 bits per heavy atom. The Kier molecular flexibility index (Phi) is 10.4. The van der Waals surface area contributed by atoms with Crippen LogP contribution >= 0.6 is 11.6 Å². The van der Waals surface area contributed by atoms with Crippen molar-refractivity contribution in [2.24, 2.45) is 0 Å². The summed E-state index contributed by atoms with van der Waals surface area (Å²) in [5, 5.41) is 0. The van der Waals surface area contributed by atoms with E-state index < -0.39 is 10.0 Å². The Labute approximate surface area is 102 Å². The monoisotopic (exact) mass is 273 g/mol. The molecule has 0 amide bonds. The molecule has 0 rings (SSSR count). The normalized spacial score (nSPS) is 11.9. The van der Waals surface area contributed by atoms with E-state index in [1.165, 1.54) is 0 Å². The number of methoxy groups -OCH3 is 1. The summed E-state index contributed by atoms with van der Waals surface area (Å²) in [5.41, 5.74) is 0. The zero-order chi connectivity index (χ0) is 12.3. The molecule has 16 heavy (non-hydrogen) atoms. The summed E-state index contributed by atoms with van der Waals surface area (Å²) < 4.78 is 35.1. The largest absolute Gasteiger partial charge is 0.382 e. The lowest BCUT2D eigenvalue weighted by Crippen LogP contribution is -2.30. The van der Waals surface area contributed by atoms with Gasteiger partial charge in [-0.3, -0.25) is 0 Å². The lowest BCUT2D eigenvalue weighted by Gasteiger charge is -2.06. The van der Waals surface area contributed by atoms with Crippen LogP contribution in [0.15, 0.2) is 0 Å². The van der Waals surface area contributed by atoms with Crippen molar-refractivity contribution in [3.63, 3.8) is 0 Å². The van der Waals surface area contributed by atoms with Crippen LogP contribution in [0.5, 0.6) is 0 Å². The molecule has 0 aliphatic carbocycles. The van der Waals surface area contributed by atoms with E-state index >= 15 is 0 Å². The van der Waals surface area contributed by atoms with Crippen LogP contribution in [0.4, 0.5) is 0 Å². The van der Waals surface area contributed by atoms with Crippen LogP contribution in [0, 0.1) is 0 Å². The maximum Gasteiger partial charge on any atom is 0.211 e. The smallest absolute Gasteiger partial charge is 0.211 e. The second kappa shape index (κ2) is 10.3. The van der Waals surface area contributed by atoms with Gasteiger partial charge in [-0.1, -0.05) is 0 Å². The second-order valence-corrected chi connectivity index (χ2v) is 5.52. The minimum Gasteiger partial charge on any atom is -0.382 e. The van der Waals surface area contributed by atoms with Crippen molar-refractivity contribution >= 4 is 21.6 Å². The van der Waals surface area contributed by atoms with Crippen LogP contribution in [0.3, 0.4) is 0 Å². The average molecular weight is 274 g/mol. The number of hydrogen-bond acceptors (Lipinski definition) is 4. The molecule has 98 valence electrons. The summed E-state index contributed by atoms with van der Waals surface area (Å²) in [6.07, 6.45) is 1.30. The van der Waals surface area contributed by atoms with E-state index in [2.05, 4.69) is 4.72 Å². The first-order chi connectivity index (χ1) is 7.62. The third-order valence-corrected chi connectivity index (χ3v) is 3.53. The van der Waals surface area contributed by atoms with Crippen molar-refractivity contribution in [3.05, 3.63) is 0 Å². The van der Waals surface area contributed by atoms with E-state index in [0.29, 0.717) is 45.1 Å². The number of ether oxygens (including phenoxy) is 2. The van der Waals surface area contributed by atoms with Crippen molar-refractivity contribution < 1.29 is 17.9 Å². The predicted molar refractivity (Wildman–Crippen MR) is 64.4 cm³/mol. The van der Waals surface area contributed by atoms with Crippen LogP contribution in [0.1, 0.15) is 12.8 Å². The maximum absolute atomic E-state index is 11.4. The molecule has 0 heterocycles. The minimum atomic E-state index is -3.17. The summed E-state index contributed by atoms with van der Waals surface area (Å²) in [7, 11) is -1.58. The highest BCUT2D eigenvalue weighted by molar-refractivity contribution is 7.89. The van der Waals surface area contributed by atoms with Gasteiger partial charge >= 0.3 is 0 Å². The molecule has 0 aromatic heterocycles. The molecule has 0 atom stereocenters. The van der Waals surface area contributed by atoms with E-state index in [9.17, 15) is 8.42 Å². The Bertz CT molecular complexity index is 246. The molecule has 0 bridgehead atoms. The fourth-order valence-corrected chi connectivity index (χ4v) is 2.28. The molecule has 0 fully saturated rings. The van der Waals surface area contributed by atoms with Crippen molar-refractivity contribution in [2.45, 2.75) is 12.8 Å². The number of sulfonamides is 1. The van der Waals surface area contributed by atoms with Gasteiger partial charge in [0.05, 0.1) is 25.6 Å². The number of rotatable bonds is 11. The summed E-state index contributed by atoms with van der Waals surface area (Å²) in [6, 6.07) is 0. The molecule has 0 spiro atoms. The molecule has 7 heteroatoms. The number of hydrogen-bond donors (Lipinski definition) is 1. The van der Waals surface area contributed by atoms with Gasteiger partial charge in [0, 0.05) is 19.5 Å². The van der Waals surface area contributed by atoms with E-state index in [4.69, 9.17) is 21.1 Å². The minimum absolute atomic E-state index is 0.123. The van der Waals surface area contributed by atoms with Gasteiger partial charge in [0.25, 0.3) is 0 Å². The first-order valence-corrected chi connectivity index (χ1v) is 7.41. The van der Waals surface area contributed by atoms with Gasteiger partial charge in [0.1, 0.15) is 0 Å². The first kappa shape index (κ1) is 16.1. The van der Waals surface area contributed by atoms with E-state index in [1.54, 1.807) is 7.11 Å². The second-order valence-electron chi connectivity index (χ2n) is 3.21. The van der Waals surface area contributed by atoms with Crippen LogP contribution in [0.25, 0.3) is 0 Å². The zero-order valence-corrected chi connectivity index (χ0v) is 11.1. The predicted octanol–water partition coefficient (Wildman–Crippen LogP) is 0.588. The van der Waals surface area contributed by atoms with E-state index in [0.717, 1.165) is 0 Å². The highest BCUT2D eigenvalue weighted by Crippen LogP contribution is 1.96. The van der Waals surface area contributed by atoms with Crippen molar-refractivity contribution in [1.82, 2.24) is 4.72 Å². The van der Waals surface area contributed by atoms with Crippen LogP contribution in [0.2, 0.25) is 0 Å². The van der Waals surface area contributed by atoms with E-state index in [1.807, 2.05) is 0 Å². The zero-order valence-electron chi connectivity index (χ0n) is 9.58. The van der Waals surface area contributed by atoms with Gasteiger partial charge in [-0.15, -0.1) is 11.6 Å². The lowest BCUT2D eigenvalue weighted by atomic mass is 10.4. The first-order valence-electron chi connectivity index (χ1n) is 5.22. The Morgan fingerprint density at radius 1 is 1.19 bits per heavy atom. The SMILES string of the molecule is COCCOCCNS(=O)(=O)CCCCCl. The summed E-state index contributed by atoms with van der Waals surface area (Å²) in [4.78, 5) is 0. The fraction of sp³-hybridized carbons (Fsp3) is 1.00. The van der Waals surface area contributed by atoms with E-state index in [-0.39, 0.29) is 5.75 Å². The molecule has 0 saturated heterocycles. The topological polar surface area (TPSA) is 64.6 Å². The molecule has 0 aliphatic rings. The van der Waals surface area contributed by atoms with Gasteiger partial charge < -0.3 is 9.47 Å². The molecular weight excluding hydrogens is 254 g/mol. The number of halogens is 1. The van der Waals surface area contributed by atoms with Crippen LogP contribution in [-0.2, 0) is 19.5 Å². The number of alkyl halides is 1. The molecule has 0 aliphatic heterocycles. The molecule has 0 unspecified atom stereocenters. The van der Waals surface area contributed by atoms with Gasteiger partial charge in [-0.25, -0.2) is 13.1 Å². The molecule has 0 saturated carbocycles. The van der Waals surface area contributed by atoms with Crippen molar-refractivity contribution in [2.75, 3.05) is 45.1 Å². The molecule has 0 aromatic rings. The van der Waals surface area contributed by atoms with Gasteiger partial charge in [0.15, 0.2) is 0 Å². The molecule has 0 radical (unpaired) electrons. The summed E-state index contributed by atoms with van der Waals surface area (Å²) in [6.45, 7) is 1.65. The van der Waals surface area contributed by atoms with Gasteiger partial charge in [-0.05, 0) is 12.8 Å². The summed E-state index contributed by atoms with van der Waals surface area (Å²) >= 11 is 5.46. The molecule has 0 aromatic carbocycles. The molecule has 5 nitrogen and oxygen atoms in total. The van der Waals surface area contributed by atoms with Crippen LogP contribution in [-0.4, -0.2) is 53.5 Å². The average Bonchev–Trinajstić information content (AvgIpc) is 2.23. The maximum atomic E-state index is 11.4. The van der Waals surface area contributed by atoms with Crippen molar-refractivity contribution in [3.8, 4) is 0 Å². The highest BCUT2D eigenvalue weighted by atomic mass is 35.5. The Hall–Kier alpha value is 0.120. The molecule has 1 N–H and O–H groups in total. The standard InChI is InChI=1S/C9H20ClNO4S/c1-14-7-8-15-6-5-11-16(12,13)9-3-2-4-10/h11H,2-9H2,1H3. The quantitative estimate of drug-likeness (QED) is 0.442. The van der Waals surface area contributed by atoms with Crippen molar-refractivity contribution in [1.29, 1.82) is 0 Å². The highest BCUT2D eigenvalue weighted by Gasteiger charge is 2.08. The third-order valence-electron chi connectivity index (χ3n) is 1.80. The third kappa shape index (κ3) is 10.6. The lowest BCUT2D eigenvalue weighted by molar-refractivity contribution is 0.0736. The summed E-state index contributed by atoms with van der Waals surface area (Å²) in [5.74, 6) is 0.618. The van der Waals surface area contributed by atoms with Crippen LogP contribution < -0.4 is 4.72 Å².